The third-order valence-electron chi connectivity index (χ3n) is 6.31. The second-order valence-electron chi connectivity index (χ2n) is 7.95. The summed E-state index contributed by atoms with van der Waals surface area (Å²) in [7, 11) is 1.88. The van der Waals surface area contributed by atoms with Crippen molar-refractivity contribution in [1.82, 2.24) is 15.1 Å². The first-order valence-electron chi connectivity index (χ1n) is 9.39. The summed E-state index contributed by atoms with van der Waals surface area (Å²) >= 11 is 0. The van der Waals surface area contributed by atoms with Crippen LogP contribution in [0, 0.1) is 5.41 Å². The summed E-state index contributed by atoms with van der Waals surface area (Å²) in [5, 5.41) is 2.93. The van der Waals surface area contributed by atoms with Gasteiger partial charge in [-0.3, -0.25) is 14.4 Å². The highest BCUT2D eigenvalue weighted by Gasteiger charge is 2.41. The summed E-state index contributed by atoms with van der Waals surface area (Å²) in [5.74, 6) is 0.234. The van der Waals surface area contributed by atoms with Gasteiger partial charge in [0.15, 0.2) is 0 Å². The van der Waals surface area contributed by atoms with Crippen LogP contribution in [0.5, 0.6) is 0 Å². The van der Waals surface area contributed by atoms with E-state index in [0.717, 1.165) is 44.5 Å². The van der Waals surface area contributed by atoms with Crippen LogP contribution in [0.15, 0.2) is 24.3 Å². The molecule has 26 heavy (non-hydrogen) atoms. The van der Waals surface area contributed by atoms with E-state index in [2.05, 4.69) is 5.32 Å². The van der Waals surface area contributed by atoms with Crippen molar-refractivity contribution in [3.63, 3.8) is 0 Å². The van der Waals surface area contributed by atoms with E-state index in [1.54, 1.807) is 6.07 Å². The number of fused-ring (bicyclic) bond motifs is 1. The van der Waals surface area contributed by atoms with E-state index in [1.807, 2.05) is 35.0 Å². The van der Waals surface area contributed by atoms with Crippen molar-refractivity contribution in [2.24, 2.45) is 5.41 Å². The van der Waals surface area contributed by atoms with Crippen molar-refractivity contribution in [2.75, 3.05) is 26.7 Å². The maximum Gasteiger partial charge on any atom is 0.252 e. The van der Waals surface area contributed by atoms with E-state index < -0.39 is 0 Å². The monoisotopic (exact) mass is 355 g/mol. The second kappa shape index (κ2) is 6.41. The largest absolute Gasteiger partial charge is 0.345 e. The number of hydrogen-bond donors (Lipinski definition) is 1. The molecule has 1 N–H and O–H groups in total. The van der Waals surface area contributed by atoms with Crippen molar-refractivity contribution < 1.29 is 14.4 Å². The van der Waals surface area contributed by atoms with Crippen molar-refractivity contribution in [3.05, 3.63) is 35.4 Å². The van der Waals surface area contributed by atoms with Crippen LogP contribution in [0.25, 0.3) is 0 Å². The fourth-order valence-corrected chi connectivity index (χ4v) is 4.66. The maximum absolute atomic E-state index is 12.8. The molecular weight excluding hydrogens is 330 g/mol. The molecular formula is C20H25N3O3. The molecule has 1 aromatic carbocycles. The van der Waals surface area contributed by atoms with Crippen molar-refractivity contribution in [2.45, 2.75) is 38.1 Å². The minimum Gasteiger partial charge on any atom is -0.345 e. The van der Waals surface area contributed by atoms with Gasteiger partial charge in [0.05, 0.1) is 12.5 Å². The summed E-state index contributed by atoms with van der Waals surface area (Å²) in [6.45, 7) is 2.28. The number of benzene rings is 1. The maximum atomic E-state index is 12.8. The first kappa shape index (κ1) is 17.1. The zero-order valence-electron chi connectivity index (χ0n) is 15.2. The van der Waals surface area contributed by atoms with Gasteiger partial charge < -0.3 is 15.1 Å². The molecule has 0 bridgehead atoms. The Hall–Kier alpha value is -2.37. The number of nitrogens with zero attached hydrogens (tertiary/aromatic N) is 2. The lowest BCUT2D eigenvalue weighted by atomic mass is 9.72. The molecule has 0 saturated carbocycles. The molecule has 3 amide bonds. The highest BCUT2D eigenvalue weighted by atomic mass is 16.2. The van der Waals surface area contributed by atoms with Crippen molar-refractivity contribution in [1.29, 1.82) is 0 Å². The Balaban J connectivity index is 1.36. The molecule has 0 aromatic heterocycles. The van der Waals surface area contributed by atoms with Crippen LogP contribution in [-0.2, 0) is 9.59 Å². The Labute approximate surface area is 153 Å². The zero-order valence-corrected chi connectivity index (χ0v) is 15.2. The molecule has 0 radical (unpaired) electrons. The molecule has 2 fully saturated rings. The Bertz CT molecular complexity index is 752. The molecule has 6 heteroatoms. The first-order valence-corrected chi connectivity index (χ1v) is 9.39. The van der Waals surface area contributed by atoms with Gasteiger partial charge in [0.1, 0.15) is 0 Å². The molecule has 3 aliphatic heterocycles. The third-order valence-corrected chi connectivity index (χ3v) is 6.31. The number of amides is 3. The smallest absolute Gasteiger partial charge is 0.252 e. The average Bonchev–Trinajstić information content (AvgIpc) is 2.95. The van der Waals surface area contributed by atoms with E-state index >= 15 is 0 Å². The van der Waals surface area contributed by atoms with E-state index in [9.17, 15) is 14.4 Å². The van der Waals surface area contributed by atoms with Crippen LogP contribution in [0.3, 0.4) is 0 Å². The quantitative estimate of drug-likeness (QED) is 0.878. The van der Waals surface area contributed by atoms with E-state index in [1.165, 1.54) is 0 Å². The molecule has 138 valence electrons. The number of carbonyl (C=O) groups excluding carboxylic acids is 3. The molecule has 1 spiro atoms. The number of hydrogen-bond acceptors (Lipinski definition) is 3. The van der Waals surface area contributed by atoms with Crippen LogP contribution in [-0.4, -0.2) is 54.2 Å². The summed E-state index contributed by atoms with van der Waals surface area (Å²) in [5.41, 5.74) is 1.78. The molecule has 4 rings (SSSR count). The number of piperidine rings is 2. The Kier molecular flexibility index (Phi) is 4.21. The summed E-state index contributed by atoms with van der Waals surface area (Å²) in [6.07, 6.45) is 3.77. The predicted octanol–water partition coefficient (Wildman–Crippen LogP) is 1.72. The average molecular weight is 355 g/mol. The lowest BCUT2D eigenvalue weighted by Gasteiger charge is -2.46. The zero-order chi connectivity index (χ0) is 18.3. The highest BCUT2D eigenvalue weighted by Crippen LogP contribution is 2.40. The highest BCUT2D eigenvalue weighted by molar-refractivity contribution is 5.99. The molecule has 1 aromatic rings. The first-order chi connectivity index (χ1) is 12.5. The lowest BCUT2D eigenvalue weighted by Crippen LogP contribution is -2.51. The predicted molar refractivity (Wildman–Crippen MR) is 96.4 cm³/mol. The van der Waals surface area contributed by atoms with Gasteiger partial charge in [-0.05, 0) is 36.3 Å². The standard InChI is InChI=1S/C20H25N3O3/c1-22-13-20(7-6-17(22)24)8-10-23(11-9-20)18(25)12-16-14-4-2-3-5-15(14)19(26)21-16/h2-5,16H,6-13H2,1H3,(H,21,26)/t16-/m0/s1. The van der Waals surface area contributed by atoms with Gasteiger partial charge in [0.25, 0.3) is 5.91 Å². The molecule has 0 aliphatic carbocycles. The van der Waals surface area contributed by atoms with E-state index in [4.69, 9.17) is 0 Å². The van der Waals surface area contributed by atoms with Crippen LogP contribution >= 0.6 is 0 Å². The van der Waals surface area contributed by atoms with Gasteiger partial charge in [0, 0.05) is 38.7 Å². The number of rotatable bonds is 2. The summed E-state index contributed by atoms with van der Waals surface area (Å²) < 4.78 is 0. The van der Waals surface area contributed by atoms with Gasteiger partial charge in [-0.2, -0.15) is 0 Å². The normalized spacial score (nSPS) is 24.6. The van der Waals surface area contributed by atoms with E-state index in [-0.39, 0.29) is 29.2 Å². The van der Waals surface area contributed by atoms with Crippen LogP contribution < -0.4 is 5.32 Å². The fraction of sp³-hybridized carbons (Fsp3) is 0.550. The lowest BCUT2D eigenvalue weighted by molar-refractivity contribution is -0.141. The number of carbonyl (C=O) groups is 3. The SMILES string of the molecule is CN1CC2(CCC1=O)CCN(C(=O)C[C@@H]1NC(=O)c3ccccc31)CC2. The fourth-order valence-electron chi connectivity index (χ4n) is 4.66. The Morgan fingerprint density at radius 3 is 2.65 bits per heavy atom. The molecule has 6 nitrogen and oxygen atoms in total. The van der Waals surface area contributed by atoms with Crippen LogP contribution in [0.4, 0.5) is 0 Å². The summed E-state index contributed by atoms with van der Waals surface area (Å²) in [4.78, 5) is 40.3. The molecule has 2 saturated heterocycles. The third kappa shape index (κ3) is 2.97. The Morgan fingerprint density at radius 1 is 1.19 bits per heavy atom. The van der Waals surface area contributed by atoms with Gasteiger partial charge in [-0.1, -0.05) is 18.2 Å². The number of likely N-dealkylation sites (tertiary alicyclic amines) is 2. The molecule has 3 heterocycles. The van der Waals surface area contributed by atoms with Gasteiger partial charge in [0.2, 0.25) is 11.8 Å². The minimum absolute atomic E-state index is 0.0918. The number of nitrogens with one attached hydrogen (secondary N) is 1. The van der Waals surface area contributed by atoms with Gasteiger partial charge >= 0.3 is 0 Å². The van der Waals surface area contributed by atoms with Gasteiger partial charge in [-0.25, -0.2) is 0 Å². The van der Waals surface area contributed by atoms with Crippen molar-refractivity contribution in [3.8, 4) is 0 Å². The van der Waals surface area contributed by atoms with Crippen molar-refractivity contribution >= 4 is 17.7 Å². The molecule has 3 aliphatic rings. The van der Waals surface area contributed by atoms with Crippen LogP contribution in [0.1, 0.15) is 54.1 Å². The second-order valence-corrected chi connectivity index (χ2v) is 7.95. The minimum atomic E-state index is -0.222. The topological polar surface area (TPSA) is 69.7 Å². The van der Waals surface area contributed by atoms with E-state index in [0.29, 0.717) is 18.4 Å². The van der Waals surface area contributed by atoms with Gasteiger partial charge in [-0.15, -0.1) is 0 Å². The van der Waals surface area contributed by atoms with Crippen LogP contribution in [0.2, 0.25) is 0 Å². The molecule has 1 atom stereocenters. The Morgan fingerprint density at radius 2 is 1.92 bits per heavy atom. The molecule has 0 unspecified atom stereocenters. The summed E-state index contributed by atoms with van der Waals surface area (Å²) in [6, 6.07) is 7.26.